The number of hydrogen-bond acceptors (Lipinski definition) is 4. The lowest BCUT2D eigenvalue weighted by molar-refractivity contribution is -0.131. The number of benzene rings is 1. The maximum Gasteiger partial charge on any atom is 0.328 e. The first kappa shape index (κ1) is 16.0. The fourth-order valence-electron chi connectivity index (χ4n) is 1.66. The lowest BCUT2D eigenvalue weighted by Gasteiger charge is -2.13. The van der Waals surface area contributed by atoms with Crippen molar-refractivity contribution in [3.63, 3.8) is 0 Å². The summed E-state index contributed by atoms with van der Waals surface area (Å²) in [5, 5.41) is 8.69. The lowest BCUT2D eigenvalue weighted by Crippen LogP contribution is -2.02. The van der Waals surface area contributed by atoms with Crippen LogP contribution in [0.3, 0.4) is 0 Å². The molecule has 1 rings (SSSR count). The van der Waals surface area contributed by atoms with Crippen LogP contribution in [-0.4, -0.2) is 38.5 Å². The summed E-state index contributed by atoms with van der Waals surface area (Å²) < 4.78 is 15.9. The predicted molar refractivity (Wildman–Crippen MR) is 76.3 cm³/mol. The normalized spacial score (nSPS) is 10.7. The molecule has 0 bridgehead atoms. The Kier molecular flexibility index (Phi) is 7.21. The molecule has 5 nitrogen and oxygen atoms in total. The SMILES string of the molecule is COCCCCOc1c(/C=C/C(=O)O)cccc1OC. The first-order valence-electron chi connectivity index (χ1n) is 6.38. The standard InChI is InChI=1S/C15H20O5/c1-18-10-3-4-11-20-15-12(8-9-14(16)17)6-5-7-13(15)19-2/h5-9H,3-4,10-11H2,1-2H3,(H,16,17)/b9-8+. The van der Waals surface area contributed by atoms with Gasteiger partial charge in [0.25, 0.3) is 0 Å². The van der Waals surface area contributed by atoms with Crippen molar-refractivity contribution in [2.24, 2.45) is 0 Å². The Morgan fingerprint density at radius 2 is 2.00 bits per heavy atom. The molecule has 0 spiro atoms. The summed E-state index contributed by atoms with van der Waals surface area (Å²) >= 11 is 0. The molecule has 1 aromatic rings. The van der Waals surface area contributed by atoms with Crippen LogP contribution in [0.25, 0.3) is 6.08 Å². The van der Waals surface area contributed by atoms with Crippen molar-refractivity contribution in [2.75, 3.05) is 27.4 Å². The number of carboxylic acids is 1. The van der Waals surface area contributed by atoms with Gasteiger partial charge in [0.15, 0.2) is 11.5 Å². The fourth-order valence-corrected chi connectivity index (χ4v) is 1.66. The molecule has 0 saturated heterocycles. The second-order valence-electron chi connectivity index (χ2n) is 4.10. The lowest BCUT2D eigenvalue weighted by atomic mass is 10.1. The van der Waals surface area contributed by atoms with Crippen molar-refractivity contribution < 1.29 is 24.1 Å². The molecule has 0 fully saturated rings. The average Bonchev–Trinajstić information content (AvgIpc) is 2.45. The Morgan fingerprint density at radius 1 is 1.25 bits per heavy atom. The highest BCUT2D eigenvalue weighted by Crippen LogP contribution is 2.32. The van der Waals surface area contributed by atoms with E-state index in [2.05, 4.69) is 0 Å². The first-order valence-corrected chi connectivity index (χ1v) is 6.38. The van der Waals surface area contributed by atoms with Gasteiger partial charge in [-0.3, -0.25) is 0 Å². The highest BCUT2D eigenvalue weighted by molar-refractivity contribution is 5.86. The van der Waals surface area contributed by atoms with Crippen LogP contribution in [0.5, 0.6) is 11.5 Å². The molecule has 0 aliphatic carbocycles. The molecule has 1 aromatic carbocycles. The summed E-state index contributed by atoms with van der Waals surface area (Å²) in [6, 6.07) is 5.35. The molecule has 1 N–H and O–H groups in total. The van der Waals surface area contributed by atoms with Gasteiger partial charge in [0, 0.05) is 25.4 Å². The second kappa shape index (κ2) is 8.98. The van der Waals surface area contributed by atoms with Crippen LogP contribution in [0, 0.1) is 0 Å². The number of aliphatic carboxylic acids is 1. The van der Waals surface area contributed by atoms with Crippen LogP contribution >= 0.6 is 0 Å². The summed E-state index contributed by atoms with van der Waals surface area (Å²) in [6.07, 6.45) is 4.34. The molecule has 0 unspecified atom stereocenters. The fraction of sp³-hybridized carbons (Fsp3) is 0.400. The number of methoxy groups -OCH3 is 2. The van der Waals surface area contributed by atoms with Crippen LogP contribution in [-0.2, 0) is 9.53 Å². The van der Waals surface area contributed by atoms with E-state index >= 15 is 0 Å². The predicted octanol–water partition coefficient (Wildman–Crippen LogP) is 2.60. The third kappa shape index (κ3) is 5.32. The molecule has 0 radical (unpaired) electrons. The molecule has 0 atom stereocenters. The van der Waals surface area contributed by atoms with Crippen molar-refractivity contribution in [1.29, 1.82) is 0 Å². The smallest absolute Gasteiger partial charge is 0.328 e. The van der Waals surface area contributed by atoms with E-state index in [9.17, 15) is 4.79 Å². The zero-order valence-electron chi connectivity index (χ0n) is 11.8. The van der Waals surface area contributed by atoms with Crippen LogP contribution in [0.15, 0.2) is 24.3 Å². The molecule has 110 valence electrons. The molecule has 0 aliphatic heterocycles. The summed E-state index contributed by atoms with van der Waals surface area (Å²) in [5.41, 5.74) is 0.679. The van der Waals surface area contributed by atoms with E-state index in [4.69, 9.17) is 19.3 Å². The maximum atomic E-state index is 10.6. The minimum atomic E-state index is -1.00. The Bertz CT molecular complexity index is 454. The van der Waals surface area contributed by atoms with Gasteiger partial charge in [-0.15, -0.1) is 0 Å². The van der Waals surface area contributed by atoms with Gasteiger partial charge in [0.05, 0.1) is 13.7 Å². The highest BCUT2D eigenvalue weighted by Gasteiger charge is 2.08. The summed E-state index contributed by atoms with van der Waals surface area (Å²) in [7, 11) is 3.22. The Morgan fingerprint density at radius 3 is 2.65 bits per heavy atom. The average molecular weight is 280 g/mol. The van der Waals surface area contributed by atoms with Crippen LogP contribution in [0.2, 0.25) is 0 Å². The number of carboxylic acid groups (broad SMARTS) is 1. The molecule has 0 saturated carbocycles. The second-order valence-corrected chi connectivity index (χ2v) is 4.10. The van der Waals surface area contributed by atoms with Gasteiger partial charge in [-0.05, 0) is 25.0 Å². The van der Waals surface area contributed by atoms with Gasteiger partial charge < -0.3 is 19.3 Å². The van der Waals surface area contributed by atoms with Gasteiger partial charge in [-0.1, -0.05) is 12.1 Å². The molecule has 20 heavy (non-hydrogen) atoms. The van der Waals surface area contributed by atoms with E-state index in [1.54, 1.807) is 32.4 Å². The van der Waals surface area contributed by atoms with E-state index in [-0.39, 0.29) is 0 Å². The van der Waals surface area contributed by atoms with Crippen LogP contribution in [0.1, 0.15) is 18.4 Å². The Balaban J connectivity index is 2.76. The molecule has 0 aliphatic rings. The van der Waals surface area contributed by atoms with Gasteiger partial charge in [-0.2, -0.15) is 0 Å². The highest BCUT2D eigenvalue weighted by atomic mass is 16.5. The van der Waals surface area contributed by atoms with Gasteiger partial charge >= 0.3 is 5.97 Å². The number of unbranched alkanes of at least 4 members (excludes halogenated alkanes) is 1. The van der Waals surface area contributed by atoms with Crippen molar-refractivity contribution in [3.8, 4) is 11.5 Å². The monoisotopic (exact) mass is 280 g/mol. The van der Waals surface area contributed by atoms with Crippen molar-refractivity contribution in [2.45, 2.75) is 12.8 Å². The summed E-state index contributed by atoms with van der Waals surface area (Å²) in [4.78, 5) is 10.6. The number of hydrogen-bond donors (Lipinski definition) is 1. The third-order valence-corrected chi connectivity index (χ3v) is 2.62. The van der Waals surface area contributed by atoms with Gasteiger partial charge in [0.2, 0.25) is 0 Å². The zero-order chi connectivity index (χ0) is 14.8. The molecular weight excluding hydrogens is 260 g/mol. The molecule has 5 heteroatoms. The van der Waals surface area contributed by atoms with Crippen molar-refractivity contribution >= 4 is 12.0 Å². The van der Waals surface area contributed by atoms with E-state index < -0.39 is 5.97 Å². The molecule has 0 amide bonds. The van der Waals surface area contributed by atoms with E-state index in [1.807, 2.05) is 0 Å². The van der Waals surface area contributed by atoms with E-state index in [1.165, 1.54) is 6.08 Å². The minimum absolute atomic E-state index is 0.525. The molecule has 0 heterocycles. The van der Waals surface area contributed by atoms with Crippen LogP contribution < -0.4 is 9.47 Å². The Hall–Kier alpha value is -2.01. The maximum absolute atomic E-state index is 10.6. The van der Waals surface area contributed by atoms with E-state index in [0.717, 1.165) is 18.9 Å². The summed E-state index contributed by atoms with van der Waals surface area (Å²) in [6.45, 7) is 1.22. The van der Waals surface area contributed by atoms with Crippen molar-refractivity contribution in [1.82, 2.24) is 0 Å². The largest absolute Gasteiger partial charge is 0.493 e. The number of para-hydroxylation sites is 1. The van der Waals surface area contributed by atoms with Gasteiger partial charge in [0.1, 0.15) is 0 Å². The molecule has 0 aromatic heterocycles. The topological polar surface area (TPSA) is 65.0 Å². The quantitative estimate of drug-likeness (QED) is 0.556. The zero-order valence-corrected chi connectivity index (χ0v) is 11.8. The minimum Gasteiger partial charge on any atom is -0.493 e. The third-order valence-electron chi connectivity index (χ3n) is 2.62. The number of ether oxygens (including phenoxy) is 3. The summed E-state index contributed by atoms with van der Waals surface area (Å²) in [5.74, 6) is 0.146. The van der Waals surface area contributed by atoms with E-state index in [0.29, 0.717) is 30.3 Å². The number of rotatable bonds is 9. The molecular formula is C15H20O5. The van der Waals surface area contributed by atoms with Crippen molar-refractivity contribution in [3.05, 3.63) is 29.8 Å². The van der Waals surface area contributed by atoms with Crippen LogP contribution in [0.4, 0.5) is 0 Å². The van der Waals surface area contributed by atoms with Gasteiger partial charge in [-0.25, -0.2) is 4.79 Å². The first-order chi connectivity index (χ1) is 9.69. The number of carbonyl (C=O) groups is 1. The Labute approximate surface area is 118 Å².